The molecule has 0 spiro atoms. The van der Waals surface area contributed by atoms with Gasteiger partial charge in [0.25, 0.3) is 5.56 Å². The van der Waals surface area contributed by atoms with Crippen molar-refractivity contribution >= 4 is 27.5 Å². The van der Waals surface area contributed by atoms with Crippen molar-refractivity contribution in [3.8, 4) is 11.1 Å². The van der Waals surface area contributed by atoms with Crippen LogP contribution in [0.3, 0.4) is 0 Å². The number of aromatic nitrogens is 2. The molecule has 0 aliphatic heterocycles. The second-order valence-corrected chi connectivity index (χ2v) is 8.16. The Labute approximate surface area is 184 Å². The molecular formula is C24H24N2O4S. The van der Waals surface area contributed by atoms with Crippen molar-refractivity contribution in [1.29, 1.82) is 0 Å². The summed E-state index contributed by atoms with van der Waals surface area (Å²) in [5, 5.41) is 2.62. The van der Waals surface area contributed by atoms with E-state index in [1.807, 2.05) is 5.38 Å². The summed E-state index contributed by atoms with van der Waals surface area (Å²) in [5.74, 6) is 0.788. The molecule has 0 bridgehead atoms. The van der Waals surface area contributed by atoms with Gasteiger partial charge in [0.05, 0.1) is 19.0 Å². The van der Waals surface area contributed by atoms with Gasteiger partial charge in [-0.05, 0) is 36.1 Å². The van der Waals surface area contributed by atoms with Gasteiger partial charge in [0.1, 0.15) is 16.4 Å². The smallest absolute Gasteiger partial charge is 0.373 e. The second kappa shape index (κ2) is 8.89. The number of aryl methyl sites for hydroxylation is 2. The first-order valence-electron chi connectivity index (χ1n) is 10.3. The van der Waals surface area contributed by atoms with Crippen molar-refractivity contribution in [2.24, 2.45) is 0 Å². The number of carbonyl (C=O) groups excluding carboxylic acids is 1. The summed E-state index contributed by atoms with van der Waals surface area (Å²) in [6.07, 6.45) is 2.50. The van der Waals surface area contributed by atoms with Gasteiger partial charge < -0.3 is 9.15 Å². The first-order chi connectivity index (χ1) is 15.0. The molecule has 31 heavy (non-hydrogen) atoms. The number of esters is 1. The molecular weight excluding hydrogens is 412 g/mol. The first kappa shape index (κ1) is 21.1. The number of fused-ring (bicyclic) bond motifs is 1. The molecule has 0 N–H and O–H groups in total. The summed E-state index contributed by atoms with van der Waals surface area (Å²) in [6, 6.07) is 11.5. The standard InChI is InChI=1S/C24H24N2O4S/c1-4-6-20-25-22-21(18(14-31-22)16-9-7-15(5-2)8-10-16)23(27)26(20)13-17-11-12-19(30-17)24(28)29-3/h7-12,14H,4-6,13H2,1-3H3. The third kappa shape index (κ3) is 4.05. The fraction of sp³-hybridized carbons (Fsp3) is 0.292. The summed E-state index contributed by atoms with van der Waals surface area (Å²) in [4.78, 5) is 30.9. The molecule has 0 atom stereocenters. The van der Waals surface area contributed by atoms with Crippen LogP contribution in [0.5, 0.6) is 0 Å². The van der Waals surface area contributed by atoms with E-state index in [4.69, 9.17) is 14.1 Å². The van der Waals surface area contributed by atoms with Crippen LogP contribution in [0.25, 0.3) is 21.3 Å². The molecule has 4 rings (SSSR count). The first-order valence-corrected chi connectivity index (χ1v) is 11.2. The van der Waals surface area contributed by atoms with Crippen LogP contribution in [0.1, 0.15) is 48.0 Å². The van der Waals surface area contributed by atoms with E-state index in [1.54, 1.807) is 16.7 Å². The van der Waals surface area contributed by atoms with Crippen molar-refractivity contribution in [3.05, 3.63) is 75.0 Å². The Morgan fingerprint density at radius 2 is 1.94 bits per heavy atom. The zero-order valence-corrected chi connectivity index (χ0v) is 18.6. The van der Waals surface area contributed by atoms with Gasteiger partial charge in [-0.15, -0.1) is 11.3 Å². The molecule has 7 heteroatoms. The highest BCUT2D eigenvalue weighted by molar-refractivity contribution is 7.17. The monoisotopic (exact) mass is 436 g/mol. The summed E-state index contributed by atoms with van der Waals surface area (Å²) in [5.41, 5.74) is 3.05. The number of ether oxygens (including phenoxy) is 1. The molecule has 0 unspecified atom stereocenters. The van der Waals surface area contributed by atoms with Gasteiger partial charge in [0.2, 0.25) is 5.76 Å². The molecule has 0 aliphatic rings. The van der Waals surface area contributed by atoms with Gasteiger partial charge in [-0.2, -0.15) is 0 Å². The Hall–Kier alpha value is -3.19. The molecule has 0 fully saturated rings. The van der Waals surface area contributed by atoms with Crippen LogP contribution in [-0.2, 0) is 24.1 Å². The maximum absolute atomic E-state index is 13.6. The topological polar surface area (TPSA) is 74.3 Å². The molecule has 6 nitrogen and oxygen atoms in total. The summed E-state index contributed by atoms with van der Waals surface area (Å²) in [7, 11) is 1.30. The van der Waals surface area contributed by atoms with Crippen molar-refractivity contribution in [2.75, 3.05) is 7.11 Å². The highest BCUT2D eigenvalue weighted by Crippen LogP contribution is 2.31. The number of methoxy groups -OCH3 is 1. The summed E-state index contributed by atoms with van der Waals surface area (Å²) < 4.78 is 12.0. The highest BCUT2D eigenvalue weighted by Gasteiger charge is 2.19. The van der Waals surface area contributed by atoms with Gasteiger partial charge >= 0.3 is 5.97 Å². The maximum atomic E-state index is 13.6. The molecule has 0 saturated heterocycles. The van der Waals surface area contributed by atoms with Crippen molar-refractivity contribution in [3.63, 3.8) is 0 Å². The zero-order chi connectivity index (χ0) is 22.0. The predicted molar refractivity (Wildman–Crippen MR) is 122 cm³/mol. The number of carbonyl (C=O) groups is 1. The summed E-state index contributed by atoms with van der Waals surface area (Å²) in [6.45, 7) is 4.38. The summed E-state index contributed by atoms with van der Waals surface area (Å²) >= 11 is 1.49. The van der Waals surface area contributed by atoms with E-state index in [1.165, 1.54) is 24.0 Å². The van der Waals surface area contributed by atoms with Crippen molar-refractivity contribution in [1.82, 2.24) is 9.55 Å². The van der Waals surface area contributed by atoms with Crippen molar-refractivity contribution in [2.45, 2.75) is 39.7 Å². The number of hydrogen-bond acceptors (Lipinski definition) is 6. The third-order valence-electron chi connectivity index (χ3n) is 5.28. The lowest BCUT2D eigenvalue weighted by Gasteiger charge is -2.11. The molecule has 0 amide bonds. The molecule has 0 aliphatic carbocycles. The number of benzene rings is 1. The maximum Gasteiger partial charge on any atom is 0.373 e. The molecule has 3 aromatic heterocycles. The molecule has 0 radical (unpaired) electrons. The van der Waals surface area contributed by atoms with Gasteiger partial charge in [-0.3, -0.25) is 9.36 Å². The van der Waals surface area contributed by atoms with E-state index in [2.05, 4.69) is 38.1 Å². The van der Waals surface area contributed by atoms with Gasteiger partial charge in [0, 0.05) is 17.4 Å². The van der Waals surface area contributed by atoms with Gasteiger partial charge in [0.15, 0.2) is 0 Å². The molecule has 0 saturated carbocycles. The molecule has 160 valence electrons. The SMILES string of the molecule is CCCc1nc2scc(-c3ccc(CC)cc3)c2c(=O)n1Cc1ccc(C(=O)OC)o1. The lowest BCUT2D eigenvalue weighted by Crippen LogP contribution is -2.25. The predicted octanol–water partition coefficient (Wildman–Crippen LogP) is 5.07. The minimum absolute atomic E-state index is 0.0970. The van der Waals surface area contributed by atoms with Crippen LogP contribution in [-0.4, -0.2) is 22.6 Å². The van der Waals surface area contributed by atoms with Crippen LogP contribution in [0.2, 0.25) is 0 Å². The van der Waals surface area contributed by atoms with Crippen molar-refractivity contribution < 1.29 is 13.9 Å². The Morgan fingerprint density at radius 3 is 2.61 bits per heavy atom. The van der Waals surface area contributed by atoms with Gasteiger partial charge in [-0.1, -0.05) is 38.1 Å². The molecule has 4 aromatic rings. The lowest BCUT2D eigenvalue weighted by atomic mass is 10.0. The Kier molecular flexibility index (Phi) is 6.04. The number of rotatable bonds is 7. The fourth-order valence-electron chi connectivity index (χ4n) is 3.61. The van der Waals surface area contributed by atoms with Crippen LogP contribution in [0, 0.1) is 0 Å². The zero-order valence-electron chi connectivity index (χ0n) is 17.8. The van der Waals surface area contributed by atoms with E-state index in [0.29, 0.717) is 23.4 Å². The van der Waals surface area contributed by atoms with Crippen LogP contribution < -0.4 is 5.56 Å². The molecule has 1 aromatic carbocycles. The van der Waals surface area contributed by atoms with E-state index < -0.39 is 5.97 Å². The van der Waals surface area contributed by atoms with Crippen LogP contribution in [0.15, 0.2) is 51.0 Å². The molecule has 3 heterocycles. The van der Waals surface area contributed by atoms with Crippen LogP contribution >= 0.6 is 11.3 Å². The average Bonchev–Trinajstić information content (AvgIpc) is 3.43. The largest absolute Gasteiger partial charge is 0.463 e. The Balaban J connectivity index is 1.82. The minimum Gasteiger partial charge on any atom is -0.463 e. The number of furan rings is 1. The highest BCUT2D eigenvalue weighted by atomic mass is 32.1. The lowest BCUT2D eigenvalue weighted by molar-refractivity contribution is 0.0563. The normalized spacial score (nSPS) is 11.2. The average molecular weight is 437 g/mol. The number of thiophene rings is 1. The van der Waals surface area contributed by atoms with E-state index in [-0.39, 0.29) is 17.9 Å². The van der Waals surface area contributed by atoms with Crippen LogP contribution in [0.4, 0.5) is 0 Å². The minimum atomic E-state index is -0.545. The third-order valence-corrected chi connectivity index (χ3v) is 6.15. The quantitative estimate of drug-likeness (QED) is 0.378. The van der Waals surface area contributed by atoms with Gasteiger partial charge in [-0.25, -0.2) is 9.78 Å². The van der Waals surface area contributed by atoms with E-state index in [0.717, 1.165) is 28.8 Å². The number of hydrogen-bond donors (Lipinski definition) is 0. The Bertz CT molecular complexity index is 1280. The Morgan fingerprint density at radius 1 is 1.16 bits per heavy atom. The number of nitrogens with zero attached hydrogens (tertiary/aromatic N) is 2. The van der Waals surface area contributed by atoms with E-state index >= 15 is 0 Å². The fourth-order valence-corrected chi connectivity index (χ4v) is 4.56. The second-order valence-electron chi connectivity index (χ2n) is 7.31. The van der Waals surface area contributed by atoms with E-state index in [9.17, 15) is 9.59 Å².